The molecule has 1 aromatic rings. The number of benzene rings is 1. The van der Waals surface area contributed by atoms with Crippen molar-refractivity contribution in [3.63, 3.8) is 0 Å². The van der Waals surface area contributed by atoms with E-state index in [0.717, 1.165) is 24.9 Å². The highest BCUT2D eigenvalue weighted by Gasteiger charge is 2.36. The molecule has 2 aliphatic rings. The lowest BCUT2D eigenvalue weighted by Gasteiger charge is -2.17. The van der Waals surface area contributed by atoms with E-state index in [1.165, 1.54) is 25.3 Å². The maximum Gasteiger partial charge on any atom is 0.305 e. The first-order valence-corrected chi connectivity index (χ1v) is 6.79. The summed E-state index contributed by atoms with van der Waals surface area (Å²) in [4.78, 5) is 12.3. The van der Waals surface area contributed by atoms with E-state index in [2.05, 4.69) is 4.90 Å². The monoisotopic (exact) mass is 264 g/mol. The third-order valence-electron chi connectivity index (χ3n) is 4.45. The van der Waals surface area contributed by atoms with Gasteiger partial charge in [0, 0.05) is 31.3 Å². The molecule has 3 rings (SSSR count). The Morgan fingerprint density at radius 2 is 2.00 bits per heavy atom. The van der Waals surface area contributed by atoms with E-state index in [0.29, 0.717) is 12.1 Å². The maximum absolute atomic E-state index is 14.0. The number of halogens is 1. The number of nitrogens with zero attached hydrogens (tertiary/aromatic N) is 2. The topological polar surface area (TPSA) is 46.4 Å². The van der Waals surface area contributed by atoms with Gasteiger partial charge in [0.25, 0.3) is 0 Å². The molecular weight excluding hydrogens is 247 g/mol. The molecule has 2 unspecified atom stereocenters. The molecule has 1 aromatic carbocycles. The fourth-order valence-corrected chi connectivity index (χ4v) is 3.53. The Kier molecular flexibility index (Phi) is 3.22. The molecular formula is C14H17FN2O2. The van der Waals surface area contributed by atoms with Crippen LogP contribution >= 0.6 is 0 Å². The summed E-state index contributed by atoms with van der Waals surface area (Å²) in [7, 11) is 0. The molecule has 0 N–H and O–H groups in total. The van der Waals surface area contributed by atoms with E-state index in [1.807, 2.05) is 0 Å². The van der Waals surface area contributed by atoms with Gasteiger partial charge in [0.2, 0.25) is 5.82 Å². The van der Waals surface area contributed by atoms with Crippen molar-refractivity contribution in [2.75, 3.05) is 13.1 Å². The maximum atomic E-state index is 14.0. The Balaban J connectivity index is 1.74. The van der Waals surface area contributed by atoms with Gasteiger partial charge in [-0.3, -0.25) is 15.0 Å². The van der Waals surface area contributed by atoms with E-state index >= 15 is 0 Å². The Morgan fingerprint density at radius 3 is 2.63 bits per heavy atom. The van der Waals surface area contributed by atoms with Gasteiger partial charge in [-0.2, -0.15) is 4.39 Å². The lowest BCUT2D eigenvalue weighted by Crippen LogP contribution is -2.21. The lowest BCUT2D eigenvalue weighted by molar-refractivity contribution is -0.387. The van der Waals surface area contributed by atoms with E-state index in [-0.39, 0.29) is 0 Å². The highest BCUT2D eigenvalue weighted by molar-refractivity contribution is 5.36. The molecule has 0 aromatic heterocycles. The van der Waals surface area contributed by atoms with Crippen molar-refractivity contribution < 1.29 is 9.31 Å². The SMILES string of the molecule is O=[N+]([O-])c1cccc(CN2CC3CCCC3C2)c1F. The molecule has 5 heteroatoms. The van der Waals surface area contributed by atoms with Gasteiger partial charge in [-0.25, -0.2) is 0 Å². The minimum atomic E-state index is -0.676. The fourth-order valence-electron chi connectivity index (χ4n) is 3.53. The third-order valence-corrected chi connectivity index (χ3v) is 4.45. The van der Waals surface area contributed by atoms with E-state index < -0.39 is 16.4 Å². The second kappa shape index (κ2) is 4.89. The first-order chi connectivity index (χ1) is 9.15. The minimum absolute atomic E-state index is 0.420. The Labute approximate surface area is 111 Å². The zero-order valence-corrected chi connectivity index (χ0v) is 10.7. The number of rotatable bonds is 3. The predicted octanol–water partition coefficient (Wildman–Crippen LogP) is 2.97. The van der Waals surface area contributed by atoms with Gasteiger partial charge in [0.15, 0.2) is 0 Å². The smallest absolute Gasteiger partial charge is 0.298 e. The second-order valence-electron chi connectivity index (χ2n) is 5.65. The van der Waals surface area contributed by atoms with Crippen LogP contribution in [0, 0.1) is 27.8 Å². The summed E-state index contributed by atoms with van der Waals surface area (Å²) in [6.07, 6.45) is 3.87. The molecule has 0 spiro atoms. The fraction of sp³-hybridized carbons (Fsp3) is 0.571. The molecule has 1 aliphatic heterocycles. The van der Waals surface area contributed by atoms with Crippen molar-refractivity contribution in [3.05, 3.63) is 39.7 Å². The van der Waals surface area contributed by atoms with Crippen LogP contribution in [0.3, 0.4) is 0 Å². The van der Waals surface area contributed by atoms with Gasteiger partial charge in [-0.1, -0.05) is 18.6 Å². The quantitative estimate of drug-likeness (QED) is 0.623. The Hall–Kier alpha value is -1.49. The third kappa shape index (κ3) is 2.34. The van der Waals surface area contributed by atoms with Gasteiger partial charge in [-0.05, 0) is 24.7 Å². The summed E-state index contributed by atoms with van der Waals surface area (Å²) in [5, 5.41) is 10.7. The number of hydrogen-bond acceptors (Lipinski definition) is 3. The zero-order chi connectivity index (χ0) is 13.4. The summed E-state index contributed by atoms with van der Waals surface area (Å²) < 4.78 is 14.0. The molecule has 1 aliphatic carbocycles. The molecule has 4 nitrogen and oxygen atoms in total. The van der Waals surface area contributed by atoms with E-state index in [9.17, 15) is 14.5 Å². The molecule has 2 atom stereocenters. The van der Waals surface area contributed by atoms with Crippen molar-refractivity contribution in [3.8, 4) is 0 Å². The van der Waals surface area contributed by atoms with Gasteiger partial charge >= 0.3 is 5.69 Å². The normalized spacial score (nSPS) is 26.6. The van der Waals surface area contributed by atoms with Crippen LogP contribution in [0.4, 0.5) is 10.1 Å². The van der Waals surface area contributed by atoms with Crippen LogP contribution in [0.15, 0.2) is 18.2 Å². The number of fused-ring (bicyclic) bond motifs is 1. The van der Waals surface area contributed by atoms with Crippen LogP contribution in [0.2, 0.25) is 0 Å². The first kappa shape index (κ1) is 12.5. The lowest BCUT2D eigenvalue weighted by atomic mass is 10.0. The number of hydrogen-bond donors (Lipinski definition) is 0. The summed E-state index contributed by atoms with van der Waals surface area (Å²) in [6, 6.07) is 4.43. The predicted molar refractivity (Wildman–Crippen MR) is 69.2 cm³/mol. The summed E-state index contributed by atoms with van der Waals surface area (Å²) in [5.74, 6) is 0.827. The van der Waals surface area contributed by atoms with Crippen LogP contribution in [0.5, 0.6) is 0 Å². The standard InChI is InChI=1S/C14H17FN2O2/c15-14-12(5-2-6-13(14)17(18)19)9-16-7-10-3-1-4-11(10)8-16/h2,5-6,10-11H,1,3-4,7-9H2. The van der Waals surface area contributed by atoms with Crippen molar-refractivity contribution in [1.29, 1.82) is 0 Å². The summed E-state index contributed by atoms with van der Waals surface area (Å²) in [5.41, 5.74) is 0.0195. The van der Waals surface area contributed by atoms with Crippen LogP contribution in [-0.2, 0) is 6.54 Å². The molecule has 0 amide bonds. The minimum Gasteiger partial charge on any atom is -0.298 e. The molecule has 0 radical (unpaired) electrons. The van der Waals surface area contributed by atoms with Crippen molar-refractivity contribution in [2.24, 2.45) is 11.8 Å². The van der Waals surface area contributed by atoms with Crippen LogP contribution in [-0.4, -0.2) is 22.9 Å². The average Bonchev–Trinajstić information content (AvgIpc) is 2.92. The van der Waals surface area contributed by atoms with Crippen molar-refractivity contribution >= 4 is 5.69 Å². The van der Waals surface area contributed by atoms with Gasteiger partial charge in [0.05, 0.1) is 4.92 Å². The van der Waals surface area contributed by atoms with E-state index in [1.54, 1.807) is 12.1 Å². The van der Waals surface area contributed by atoms with Crippen LogP contribution in [0.1, 0.15) is 24.8 Å². The number of likely N-dealkylation sites (tertiary alicyclic amines) is 1. The Bertz CT molecular complexity index is 494. The van der Waals surface area contributed by atoms with Gasteiger partial charge in [-0.15, -0.1) is 0 Å². The molecule has 1 saturated carbocycles. The van der Waals surface area contributed by atoms with Crippen molar-refractivity contribution in [2.45, 2.75) is 25.8 Å². The van der Waals surface area contributed by atoms with E-state index in [4.69, 9.17) is 0 Å². The molecule has 2 fully saturated rings. The number of nitro groups is 1. The molecule has 19 heavy (non-hydrogen) atoms. The second-order valence-corrected chi connectivity index (χ2v) is 5.65. The number of nitro benzene ring substituents is 1. The molecule has 1 heterocycles. The zero-order valence-electron chi connectivity index (χ0n) is 10.7. The van der Waals surface area contributed by atoms with Gasteiger partial charge in [0.1, 0.15) is 0 Å². The van der Waals surface area contributed by atoms with Gasteiger partial charge < -0.3 is 0 Å². The van der Waals surface area contributed by atoms with Crippen LogP contribution < -0.4 is 0 Å². The largest absolute Gasteiger partial charge is 0.305 e. The summed E-state index contributed by atoms with van der Waals surface area (Å²) >= 11 is 0. The van der Waals surface area contributed by atoms with Crippen molar-refractivity contribution in [1.82, 2.24) is 4.90 Å². The summed E-state index contributed by atoms with van der Waals surface area (Å²) in [6.45, 7) is 2.50. The molecule has 0 bridgehead atoms. The molecule has 102 valence electrons. The average molecular weight is 264 g/mol. The Morgan fingerprint density at radius 1 is 1.32 bits per heavy atom. The van der Waals surface area contributed by atoms with Crippen LogP contribution in [0.25, 0.3) is 0 Å². The first-order valence-electron chi connectivity index (χ1n) is 6.79. The highest BCUT2D eigenvalue weighted by Crippen LogP contribution is 2.38. The molecule has 1 saturated heterocycles. The highest BCUT2D eigenvalue weighted by atomic mass is 19.1.